The van der Waals surface area contributed by atoms with E-state index in [2.05, 4.69) is 193 Å². The zero-order valence-corrected chi connectivity index (χ0v) is 33.4. The molecule has 1 heteroatoms. The molecule has 1 nitrogen and oxygen atoms in total. The fourth-order valence-corrected chi connectivity index (χ4v) is 9.03. The predicted molar refractivity (Wildman–Crippen MR) is 248 cm³/mol. The molecule has 2 aliphatic rings. The van der Waals surface area contributed by atoms with Gasteiger partial charge in [0, 0.05) is 11.4 Å². The van der Waals surface area contributed by atoms with Gasteiger partial charge in [0.25, 0.3) is 0 Å². The van der Waals surface area contributed by atoms with Crippen molar-refractivity contribution in [3.8, 4) is 44.5 Å². The zero-order chi connectivity index (χ0) is 39.1. The molecule has 0 aromatic heterocycles. The number of benzene rings is 7. The molecule has 0 radical (unpaired) electrons. The minimum Gasteiger partial charge on any atom is -0.310 e. The number of rotatable bonds is 8. The topological polar surface area (TPSA) is 3.24 Å². The molecule has 0 aliphatic heterocycles. The monoisotopic (exact) mass is 749 g/mol. The van der Waals surface area contributed by atoms with Crippen LogP contribution in [0.5, 0.6) is 0 Å². The summed E-state index contributed by atoms with van der Waals surface area (Å²) < 4.78 is 0. The Balaban J connectivity index is 1.17. The molecule has 1 fully saturated rings. The lowest BCUT2D eigenvalue weighted by Gasteiger charge is -2.35. The largest absolute Gasteiger partial charge is 0.310 e. The lowest BCUT2D eigenvalue weighted by atomic mass is 9.79. The van der Waals surface area contributed by atoms with Gasteiger partial charge in [-0.05, 0) is 148 Å². The molecule has 2 aliphatic carbocycles. The minimum atomic E-state index is 0.998. The summed E-state index contributed by atoms with van der Waals surface area (Å²) in [5.41, 5.74) is 20.7. The molecule has 9 rings (SSSR count). The first-order valence-corrected chi connectivity index (χ1v) is 21.2. The molecule has 0 saturated heterocycles. The second kappa shape index (κ2) is 17.4. The van der Waals surface area contributed by atoms with Gasteiger partial charge in [-0.1, -0.05) is 177 Å². The SMILES string of the molecule is C=C1CCCCC/C(c2ccc(-c3ccccc3)cc2)=C2/CCCC/C2=C/1N(c1ccc(-c2ccccc2)cc1)c1ccc(-c2ccc(-c3ccccc3)cc2)cc1. The summed E-state index contributed by atoms with van der Waals surface area (Å²) in [4.78, 5) is 2.54. The number of allylic oxidation sites excluding steroid dienone is 4. The Morgan fingerprint density at radius 2 is 0.586 bits per heavy atom. The fourth-order valence-electron chi connectivity index (χ4n) is 9.03. The minimum absolute atomic E-state index is 0.998. The average molecular weight is 750 g/mol. The molecule has 0 N–H and O–H groups in total. The van der Waals surface area contributed by atoms with Crippen LogP contribution in [0.3, 0.4) is 0 Å². The second-order valence-electron chi connectivity index (χ2n) is 15.8. The van der Waals surface area contributed by atoms with Gasteiger partial charge < -0.3 is 4.90 Å². The van der Waals surface area contributed by atoms with Crippen LogP contribution in [0.25, 0.3) is 50.1 Å². The smallest absolute Gasteiger partial charge is 0.0522 e. The molecule has 0 bridgehead atoms. The van der Waals surface area contributed by atoms with Gasteiger partial charge >= 0.3 is 0 Å². The first-order chi connectivity index (χ1) is 28.7. The number of fused-ring (bicyclic) bond motifs is 1. The molecular weight excluding hydrogens is 699 g/mol. The highest BCUT2D eigenvalue weighted by atomic mass is 15.2. The van der Waals surface area contributed by atoms with Crippen LogP contribution in [0.2, 0.25) is 0 Å². The quantitative estimate of drug-likeness (QED) is 0.150. The van der Waals surface area contributed by atoms with E-state index in [1.807, 2.05) is 0 Å². The van der Waals surface area contributed by atoms with Crippen LogP contribution in [0.1, 0.15) is 63.4 Å². The molecule has 58 heavy (non-hydrogen) atoms. The highest BCUT2D eigenvalue weighted by Gasteiger charge is 2.28. The normalized spacial score (nSPS) is 17.3. The number of hydrogen-bond donors (Lipinski definition) is 0. The van der Waals surface area contributed by atoms with Gasteiger partial charge in [0.1, 0.15) is 0 Å². The van der Waals surface area contributed by atoms with Gasteiger partial charge in [0.15, 0.2) is 0 Å². The highest BCUT2D eigenvalue weighted by molar-refractivity contribution is 5.81. The molecule has 7 aromatic rings. The number of nitrogens with zero attached hydrogens (tertiary/aromatic N) is 1. The van der Waals surface area contributed by atoms with Crippen LogP contribution in [-0.4, -0.2) is 0 Å². The van der Waals surface area contributed by atoms with Gasteiger partial charge in [0.2, 0.25) is 0 Å². The summed E-state index contributed by atoms with van der Waals surface area (Å²) >= 11 is 0. The summed E-state index contributed by atoms with van der Waals surface area (Å²) in [5, 5.41) is 0. The van der Waals surface area contributed by atoms with Crippen molar-refractivity contribution in [3.05, 3.63) is 223 Å². The third kappa shape index (κ3) is 8.04. The average Bonchev–Trinajstić information content (AvgIpc) is 3.30. The lowest BCUT2D eigenvalue weighted by Crippen LogP contribution is -2.22. The van der Waals surface area contributed by atoms with Crippen LogP contribution in [-0.2, 0) is 0 Å². The molecule has 7 aromatic carbocycles. The molecule has 0 heterocycles. The highest BCUT2D eigenvalue weighted by Crippen LogP contribution is 2.46. The van der Waals surface area contributed by atoms with Crippen molar-refractivity contribution in [2.75, 3.05) is 4.90 Å². The predicted octanol–water partition coefficient (Wildman–Crippen LogP) is 16.3. The molecule has 284 valence electrons. The van der Waals surface area contributed by atoms with Crippen LogP contribution >= 0.6 is 0 Å². The maximum atomic E-state index is 4.92. The summed E-state index contributed by atoms with van der Waals surface area (Å²) in [5.74, 6) is 0. The maximum Gasteiger partial charge on any atom is 0.0522 e. The van der Waals surface area contributed by atoms with Crippen molar-refractivity contribution in [1.29, 1.82) is 0 Å². The van der Waals surface area contributed by atoms with Gasteiger partial charge in [-0.15, -0.1) is 0 Å². The Morgan fingerprint density at radius 1 is 0.276 bits per heavy atom. The van der Waals surface area contributed by atoms with Gasteiger partial charge in [0.05, 0.1) is 5.70 Å². The van der Waals surface area contributed by atoms with E-state index in [9.17, 15) is 0 Å². The van der Waals surface area contributed by atoms with Crippen molar-refractivity contribution in [2.45, 2.75) is 57.8 Å². The van der Waals surface area contributed by atoms with Gasteiger partial charge in [-0.3, -0.25) is 0 Å². The summed E-state index contributed by atoms with van der Waals surface area (Å²) in [6.07, 6.45) is 10.2. The molecule has 0 atom stereocenters. The Kier molecular flexibility index (Phi) is 11.1. The van der Waals surface area contributed by atoms with Crippen molar-refractivity contribution in [1.82, 2.24) is 0 Å². The zero-order valence-electron chi connectivity index (χ0n) is 33.4. The van der Waals surface area contributed by atoms with E-state index in [0.717, 1.165) is 37.8 Å². The van der Waals surface area contributed by atoms with Crippen LogP contribution in [0.15, 0.2) is 217 Å². The van der Waals surface area contributed by atoms with Crippen LogP contribution in [0, 0.1) is 0 Å². The Morgan fingerprint density at radius 3 is 1.02 bits per heavy atom. The van der Waals surface area contributed by atoms with Crippen molar-refractivity contribution >= 4 is 16.9 Å². The van der Waals surface area contributed by atoms with E-state index in [0.29, 0.717) is 0 Å². The summed E-state index contributed by atoms with van der Waals surface area (Å²) in [7, 11) is 0. The van der Waals surface area contributed by atoms with Crippen molar-refractivity contribution in [3.63, 3.8) is 0 Å². The third-order valence-electron chi connectivity index (χ3n) is 12.1. The Hall–Kier alpha value is -6.44. The standard InChI is InChI=1S/C57H51N/c1-42-16-6-2-13-23-54(51-32-30-47(31-33-51)44-19-9-4-10-20-44)55-24-14-15-25-56(55)57(42)58(52-38-34-49(35-39-52)45-21-11-5-12-22-45)53-40-36-50(37-41-53)48-28-26-46(27-29-48)43-17-7-3-8-18-43/h3-5,7-12,17-22,26-41H,1-2,6,13-16,23-25H2/b55-54+,57-56+. The van der Waals surface area contributed by atoms with Crippen LogP contribution in [0.4, 0.5) is 11.4 Å². The first-order valence-electron chi connectivity index (χ1n) is 21.2. The summed E-state index contributed by atoms with van der Waals surface area (Å²) in [6.45, 7) is 4.92. The van der Waals surface area contributed by atoms with E-state index >= 15 is 0 Å². The molecule has 0 unspecified atom stereocenters. The number of hydrogen-bond acceptors (Lipinski definition) is 1. The first kappa shape index (κ1) is 37.2. The van der Waals surface area contributed by atoms with E-state index in [-0.39, 0.29) is 0 Å². The molecule has 0 amide bonds. The number of anilines is 2. The second-order valence-corrected chi connectivity index (χ2v) is 15.8. The summed E-state index contributed by atoms with van der Waals surface area (Å²) in [6, 6.07) is 68.9. The van der Waals surface area contributed by atoms with Gasteiger partial charge in [-0.25, -0.2) is 0 Å². The molecular formula is C57H51N. The Labute approximate surface area is 345 Å². The lowest BCUT2D eigenvalue weighted by molar-refractivity contribution is 0.650. The molecule has 1 saturated carbocycles. The molecule has 0 spiro atoms. The van der Waals surface area contributed by atoms with Gasteiger partial charge in [-0.2, -0.15) is 0 Å². The van der Waals surface area contributed by atoms with E-state index in [1.165, 1.54) is 109 Å². The van der Waals surface area contributed by atoms with Crippen molar-refractivity contribution in [2.24, 2.45) is 0 Å². The van der Waals surface area contributed by atoms with E-state index < -0.39 is 0 Å². The van der Waals surface area contributed by atoms with Crippen molar-refractivity contribution < 1.29 is 0 Å². The maximum absolute atomic E-state index is 4.92. The van der Waals surface area contributed by atoms with E-state index in [1.54, 1.807) is 0 Å². The third-order valence-corrected chi connectivity index (χ3v) is 12.1. The van der Waals surface area contributed by atoms with Crippen LogP contribution < -0.4 is 4.90 Å². The Bertz CT molecular complexity index is 2520. The van der Waals surface area contributed by atoms with E-state index in [4.69, 9.17) is 6.58 Å². The fraction of sp³-hybridized carbons (Fsp3) is 0.158.